The van der Waals surface area contributed by atoms with E-state index in [0.29, 0.717) is 30.4 Å². The molecule has 0 saturated carbocycles. The number of amides is 1. The Labute approximate surface area is 173 Å². The van der Waals surface area contributed by atoms with Gasteiger partial charge in [-0.1, -0.05) is 18.2 Å². The van der Waals surface area contributed by atoms with Crippen molar-refractivity contribution >= 4 is 21.9 Å². The minimum Gasteiger partial charge on any atom is -0.444 e. The number of hydrogen-bond acceptors (Lipinski definition) is 5. The molecule has 8 nitrogen and oxygen atoms in total. The fourth-order valence-corrected chi connectivity index (χ4v) is 4.42. The number of hydrogen-bond donors (Lipinski definition) is 2. The molecule has 29 heavy (non-hydrogen) atoms. The first-order valence-corrected chi connectivity index (χ1v) is 11.5. The first kappa shape index (κ1) is 23.0. The largest absolute Gasteiger partial charge is 0.444 e. The number of carbonyl (C=O) groups is 1. The van der Waals surface area contributed by atoms with Gasteiger partial charge in [0.1, 0.15) is 5.60 Å². The molecule has 2 rings (SSSR count). The van der Waals surface area contributed by atoms with Crippen LogP contribution in [0.15, 0.2) is 40.2 Å². The van der Waals surface area contributed by atoms with Crippen molar-refractivity contribution in [2.75, 3.05) is 32.4 Å². The highest BCUT2D eigenvalue weighted by Gasteiger charge is 2.27. The van der Waals surface area contributed by atoms with Crippen molar-refractivity contribution in [3.63, 3.8) is 0 Å². The monoisotopic (exact) mass is 424 g/mol. The van der Waals surface area contributed by atoms with Crippen LogP contribution in [0, 0.1) is 0 Å². The van der Waals surface area contributed by atoms with Crippen molar-refractivity contribution in [2.45, 2.75) is 50.2 Å². The van der Waals surface area contributed by atoms with Gasteiger partial charge in [0.2, 0.25) is 0 Å². The molecule has 2 N–H and O–H groups in total. The van der Waals surface area contributed by atoms with Gasteiger partial charge in [-0.2, -0.15) is 0 Å². The molecule has 9 heteroatoms. The zero-order chi connectivity index (χ0) is 21.5. The normalized spacial score (nSPS) is 17.9. The highest BCUT2D eigenvalue weighted by atomic mass is 32.2. The smallest absolute Gasteiger partial charge is 0.407 e. The summed E-state index contributed by atoms with van der Waals surface area (Å²) in [7, 11) is -1.58. The van der Waals surface area contributed by atoms with Crippen LogP contribution in [0.2, 0.25) is 0 Å². The standard InChI is InChI=1S/C20H32N4O4S/c1-20(2,3)28-19(25)23-16-11-13-24(15-16)18(21-4)22-12-8-14-29(26,27)17-9-6-5-7-10-17/h5-7,9-10,16H,8,11-15H2,1-4H3,(H,21,22)(H,23,25). The molecule has 1 aliphatic rings. The zero-order valence-electron chi connectivity index (χ0n) is 17.6. The molecule has 1 aromatic carbocycles. The third kappa shape index (κ3) is 7.56. The number of likely N-dealkylation sites (tertiary alicyclic amines) is 1. The van der Waals surface area contributed by atoms with Crippen LogP contribution in [0.5, 0.6) is 0 Å². The molecule has 1 unspecified atom stereocenters. The van der Waals surface area contributed by atoms with Gasteiger partial charge in [0.05, 0.1) is 16.7 Å². The minimum absolute atomic E-state index is 0.0122. The van der Waals surface area contributed by atoms with Crippen LogP contribution < -0.4 is 10.6 Å². The molecule has 1 amide bonds. The van der Waals surface area contributed by atoms with Gasteiger partial charge in [-0.3, -0.25) is 4.99 Å². The average Bonchev–Trinajstić information content (AvgIpc) is 3.09. The second kappa shape index (κ2) is 9.96. The van der Waals surface area contributed by atoms with Crippen LogP contribution in [0.25, 0.3) is 0 Å². The fraction of sp³-hybridized carbons (Fsp3) is 0.600. The Morgan fingerprint density at radius 2 is 1.97 bits per heavy atom. The highest BCUT2D eigenvalue weighted by molar-refractivity contribution is 7.91. The maximum Gasteiger partial charge on any atom is 0.407 e. The molecular weight excluding hydrogens is 392 g/mol. The van der Waals surface area contributed by atoms with Crippen molar-refractivity contribution in [2.24, 2.45) is 4.99 Å². The van der Waals surface area contributed by atoms with Crippen LogP contribution in [0.4, 0.5) is 4.79 Å². The van der Waals surface area contributed by atoms with E-state index in [1.165, 1.54) is 0 Å². The van der Waals surface area contributed by atoms with E-state index in [-0.39, 0.29) is 11.8 Å². The lowest BCUT2D eigenvalue weighted by Crippen LogP contribution is -2.44. The van der Waals surface area contributed by atoms with E-state index in [9.17, 15) is 13.2 Å². The predicted octanol–water partition coefficient (Wildman–Crippen LogP) is 2.02. The van der Waals surface area contributed by atoms with Crippen molar-refractivity contribution in [1.29, 1.82) is 0 Å². The molecule has 0 aromatic heterocycles. The van der Waals surface area contributed by atoms with E-state index in [2.05, 4.69) is 15.6 Å². The Balaban J connectivity index is 1.76. The summed E-state index contributed by atoms with van der Waals surface area (Å²) < 4.78 is 30.0. The molecule has 1 atom stereocenters. The average molecular weight is 425 g/mol. The van der Waals surface area contributed by atoms with Crippen molar-refractivity contribution in [3.8, 4) is 0 Å². The number of sulfone groups is 1. The number of nitrogens with zero attached hydrogens (tertiary/aromatic N) is 2. The summed E-state index contributed by atoms with van der Waals surface area (Å²) in [5.74, 6) is 0.778. The first-order chi connectivity index (χ1) is 13.6. The van der Waals surface area contributed by atoms with Crippen LogP contribution in [0.1, 0.15) is 33.6 Å². The summed E-state index contributed by atoms with van der Waals surface area (Å²) in [6, 6.07) is 8.46. The third-order valence-corrected chi connectivity index (χ3v) is 6.21. The molecule has 0 spiro atoms. The summed E-state index contributed by atoms with van der Waals surface area (Å²) >= 11 is 0. The second-order valence-corrected chi connectivity index (χ2v) is 10.1. The SMILES string of the molecule is CN=C(NCCCS(=O)(=O)c1ccccc1)N1CCC(NC(=O)OC(C)(C)C)C1. The van der Waals surface area contributed by atoms with E-state index in [4.69, 9.17) is 4.74 Å². The Kier molecular flexibility index (Phi) is 7.89. The predicted molar refractivity (Wildman–Crippen MR) is 114 cm³/mol. The molecule has 162 valence electrons. The summed E-state index contributed by atoms with van der Waals surface area (Å²) in [6.07, 6.45) is 0.852. The fourth-order valence-electron chi connectivity index (χ4n) is 3.09. The summed E-state index contributed by atoms with van der Waals surface area (Å²) in [5.41, 5.74) is -0.528. The van der Waals surface area contributed by atoms with Crippen LogP contribution >= 0.6 is 0 Å². The Bertz CT molecular complexity index is 804. The van der Waals surface area contributed by atoms with Gasteiger partial charge in [0, 0.05) is 26.7 Å². The Morgan fingerprint density at radius 3 is 2.59 bits per heavy atom. The molecule has 0 radical (unpaired) electrons. The van der Waals surface area contributed by atoms with E-state index >= 15 is 0 Å². The van der Waals surface area contributed by atoms with E-state index in [0.717, 1.165) is 13.0 Å². The van der Waals surface area contributed by atoms with Gasteiger partial charge in [-0.15, -0.1) is 0 Å². The van der Waals surface area contributed by atoms with Crippen LogP contribution in [-0.2, 0) is 14.6 Å². The Hall–Kier alpha value is -2.29. The summed E-state index contributed by atoms with van der Waals surface area (Å²) in [4.78, 5) is 18.6. The number of aliphatic imine (C=N–C) groups is 1. The van der Waals surface area contributed by atoms with Crippen molar-refractivity contribution in [3.05, 3.63) is 30.3 Å². The molecule has 1 saturated heterocycles. The van der Waals surface area contributed by atoms with Crippen LogP contribution in [-0.4, -0.2) is 69.4 Å². The summed E-state index contributed by atoms with van der Waals surface area (Å²) in [5, 5.41) is 6.10. The van der Waals surface area contributed by atoms with Gasteiger partial charge >= 0.3 is 6.09 Å². The number of carbonyl (C=O) groups excluding carboxylic acids is 1. The molecule has 1 aromatic rings. The first-order valence-electron chi connectivity index (χ1n) is 9.83. The zero-order valence-corrected chi connectivity index (χ0v) is 18.5. The van der Waals surface area contributed by atoms with E-state index in [1.807, 2.05) is 25.7 Å². The van der Waals surface area contributed by atoms with Gasteiger partial charge in [0.25, 0.3) is 0 Å². The van der Waals surface area contributed by atoms with E-state index < -0.39 is 21.5 Å². The highest BCUT2D eigenvalue weighted by Crippen LogP contribution is 2.13. The third-order valence-electron chi connectivity index (χ3n) is 4.40. The van der Waals surface area contributed by atoms with Crippen molar-refractivity contribution < 1.29 is 17.9 Å². The van der Waals surface area contributed by atoms with Gasteiger partial charge in [0.15, 0.2) is 15.8 Å². The van der Waals surface area contributed by atoms with E-state index in [1.54, 1.807) is 37.4 Å². The quantitative estimate of drug-likeness (QED) is 0.412. The lowest BCUT2D eigenvalue weighted by Gasteiger charge is -2.23. The van der Waals surface area contributed by atoms with Crippen LogP contribution in [0.3, 0.4) is 0 Å². The van der Waals surface area contributed by atoms with Crippen molar-refractivity contribution in [1.82, 2.24) is 15.5 Å². The number of guanidine groups is 1. The lowest BCUT2D eigenvalue weighted by molar-refractivity contribution is 0.0507. The number of rotatable bonds is 6. The Morgan fingerprint density at radius 1 is 1.28 bits per heavy atom. The van der Waals surface area contributed by atoms with Gasteiger partial charge in [-0.25, -0.2) is 13.2 Å². The molecule has 0 bridgehead atoms. The minimum atomic E-state index is -3.28. The van der Waals surface area contributed by atoms with Gasteiger partial charge in [-0.05, 0) is 45.7 Å². The maximum absolute atomic E-state index is 12.3. The molecular formula is C20H32N4O4S. The lowest BCUT2D eigenvalue weighted by atomic mass is 10.2. The number of alkyl carbamates (subject to hydrolysis) is 1. The van der Waals surface area contributed by atoms with Gasteiger partial charge < -0.3 is 20.3 Å². The molecule has 1 fully saturated rings. The summed E-state index contributed by atoms with van der Waals surface area (Å²) in [6.45, 7) is 7.37. The molecule has 1 aliphatic heterocycles. The molecule has 1 heterocycles. The number of ether oxygens (including phenoxy) is 1. The number of benzene rings is 1. The second-order valence-electron chi connectivity index (χ2n) is 8.04. The number of nitrogens with one attached hydrogen (secondary N) is 2. The molecule has 0 aliphatic carbocycles. The topological polar surface area (TPSA) is 100 Å². The maximum atomic E-state index is 12.3.